The molecule has 5 rings (SSSR count). The van der Waals surface area contributed by atoms with Crippen LogP contribution in [-0.2, 0) is 16.1 Å². The van der Waals surface area contributed by atoms with E-state index in [0.717, 1.165) is 68.8 Å². The maximum atomic E-state index is 12.6. The second-order valence-electron chi connectivity index (χ2n) is 9.96. The van der Waals surface area contributed by atoms with Crippen LogP contribution >= 0.6 is 0 Å². The van der Waals surface area contributed by atoms with Crippen LogP contribution in [0, 0.1) is 0 Å². The van der Waals surface area contributed by atoms with Crippen molar-refractivity contribution in [2.45, 2.75) is 63.5 Å². The van der Waals surface area contributed by atoms with Gasteiger partial charge in [-0.2, -0.15) is 0 Å². The van der Waals surface area contributed by atoms with Gasteiger partial charge in [0.2, 0.25) is 0 Å². The van der Waals surface area contributed by atoms with E-state index < -0.39 is 6.10 Å². The van der Waals surface area contributed by atoms with E-state index in [-0.39, 0.29) is 36.1 Å². The van der Waals surface area contributed by atoms with Crippen LogP contribution in [-0.4, -0.2) is 69.5 Å². The lowest BCUT2D eigenvalue weighted by Crippen LogP contribution is -2.49. The second-order valence-corrected chi connectivity index (χ2v) is 9.96. The number of allylic oxidation sites excluding steroid dienone is 2. The predicted octanol–water partition coefficient (Wildman–Crippen LogP) is 3.75. The number of ether oxygens (including phenoxy) is 1. The van der Waals surface area contributed by atoms with Gasteiger partial charge in [0.1, 0.15) is 11.9 Å². The van der Waals surface area contributed by atoms with Crippen molar-refractivity contribution in [2.75, 3.05) is 37.6 Å². The monoisotopic (exact) mass is 480 g/mol. The molecule has 2 aliphatic carbocycles. The number of aromatic nitrogens is 2. The summed E-state index contributed by atoms with van der Waals surface area (Å²) in [7, 11) is 0. The van der Waals surface area contributed by atoms with Gasteiger partial charge < -0.3 is 19.8 Å². The molecule has 2 aromatic heterocycles. The van der Waals surface area contributed by atoms with Crippen molar-refractivity contribution >= 4 is 11.8 Å². The molecule has 188 valence electrons. The predicted molar refractivity (Wildman–Crippen MR) is 134 cm³/mol. The molecular formula is C27H36N4O4. The van der Waals surface area contributed by atoms with Gasteiger partial charge in [-0.3, -0.25) is 14.3 Å². The molecule has 0 spiro atoms. The van der Waals surface area contributed by atoms with Crippen LogP contribution in [0.4, 0.5) is 5.82 Å². The molecule has 1 fully saturated rings. The van der Waals surface area contributed by atoms with Crippen LogP contribution in [0.25, 0.3) is 0 Å². The fourth-order valence-corrected chi connectivity index (χ4v) is 5.75. The van der Waals surface area contributed by atoms with Gasteiger partial charge >= 0.3 is 5.97 Å². The van der Waals surface area contributed by atoms with Crippen molar-refractivity contribution < 1.29 is 19.7 Å². The summed E-state index contributed by atoms with van der Waals surface area (Å²) >= 11 is 0. The first-order valence-corrected chi connectivity index (χ1v) is 13.0. The van der Waals surface area contributed by atoms with Crippen molar-refractivity contribution in [3.8, 4) is 11.8 Å². The normalized spacial score (nSPS) is 21.9. The average Bonchev–Trinajstić information content (AvgIpc) is 3.55. The SMILES string of the molecule is CCCCCC(=O)OC(CN1CCN(c2ccccn2)CC1)Cn1c(O)c2c(c1O)C1C=CC2C1. The molecule has 3 heterocycles. The summed E-state index contributed by atoms with van der Waals surface area (Å²) in [5.41, 5.74) is 1.68. The van der Waals surface area contributed by atoms with E-state index in [9.17, 15) is 15.0 Å². The second kappa shape index (κ2) is 10.3. The van der Waals surface area contributed by atoms with E-state index in [1.807, 2.05) is 24.4 Å². The number of unbranched alkanes of at least 4 members (excludes halogenated alkanes) is 2. The third kappa shape index (κ3) is 4.89. The number of fused-ring (bicyclic) bond motifs is 5. The van der Waals surface area contributed by atoms with Gasteiger partial charge in [0, 0.05) is 68.3 Å². The number of piperazine rings is 1. The molecule has 2 N–H and O–H groups in total. The van der Waals surface area contributed by atoms with Gasteiger partial charge in [0.25, 0.3) is 0 Å². The number of carbonyl (C=O) groups is 1. The number of rotatable bonds is 10. The summed E-state index contributed by atoms with van der Waals surface area (Å²) in [6, 6.07) is 5.94. The molecule has 0 amide bonds. The zero-order valence-electron chi connectivity index (χ0n) is 20.5. The highest BCUT2D eigenvalue weighted by atomic mass is 16.5. The molecule has 0 radical (unpaired) electrons. The summed E-state index contributed by atoms with van der Waals surface area (Å²) in [5.74, 6) is 1.32. The van der Waals surface area contributed by atoms with Crippen LogP contribution < -0.4 is 4.90 Å². The minimum Gasteiger partial charge on any atom is -0.494 e. The summed E-state index contributed by atoms with van der Waals surface area (Å²) in [5, 5.41) is 22.0. The van der Waals surface area contributed by atoms with Gasteiger partial charge in [0.05, 0.1) is 6.54 Å². The Morgan fingerprint density at radius 3 is 2.40 bits per heavy atom. The van der Waals surface area contributed by atoms with Crippen molar-refractivity contribution in [2.24, 2.45) is 0 Å². The Morgan fingerprint density at radius 1 is 1.06 bits per heavy atom. The molecule has 35 heavy (non-hydrogen) atoms. The Hall–Kier alpha value is -3.00. The fourth-order valence-electron chi connectivity index (χ4n) is 5.75. The first kappa shape index (κ1) is 23.7. The van der Waals surface area contributed by atoms with E-state index in [4.69, 9.17) is 4.74 Å². The van der Waals surface area contributed by atoms with Crippen LogP contribution in [0.15, 0.2) is 36.5 Å². The fraction of sp³-hybridized carbons (Fsp3) is 0.556. The minimum absolute atomic E-state index is 0.112. The molecule has 3 aliphatic rings. The lowest BCUT2D eigenvalue weighted by Gasteiger charge is -2.37. The third-order valence-corrected chi connectivity index (χ3v) is 7.58. The zero-order valence-corrected chi connectivity index (χ0v) is 20.5. The van der Waals surface area contributed by atoms with Crippen molar-refractivity contribution in [3.05, 3.63) is 47.7 Å². The van der Waals surface area contributed by atoms with Crippen LogP contribution in [0.1, 0.15) is 62.0 Å². The number of aromatic hydroxyl groups is 2. The topological polar surface area (TPSA) is 91.1 Å². The summed E-state index contributed by atoms with van der Waals surface area (Å²) in [6.45, 7) is 6.25. The number of esters is 1. The number of anilines is 1. The van der Waals surface area contributed by atoms with Gasteiger partial charge in [-0.1, -0.05) is 38.0 Å². The van der Waals surface area contributed by atoms with E-state index in [0.29, 0.717) is 13.0 Å². The molecule has 3 atom stereocenters. The minimum atomic E-state index is -0.458. The molecule has 2 bridgehead atoms. The Balaban J connectivity index is 1.27. The summed E-state index contributed by atoms with van der Waals surface area (Å²) < 4.78 is 7.48. The quantitative estimate of drug-likeness (QED) is 0.304. The number of hydrogen-bond acceptors (Lipinski definition) is 7. The highest BCUT2D eigenvalue weighted by Crippen LogP contribution is 2.56. The molecule has 0 saturated carbocycles. The molecular weight excluding hydrogens is 444 g/mol. The highest BCUT2D eigenvalue weighted by Gasteiger charge is 2.41. The Morgan fingerprint density at radius 2 is 1.77 bits per heavy atom. The largest absolute Gasteiger partial charge is 0.494 e. The number of carbonyl (C=O) groups excluding carboxylic acids is 1. The molecule has 8 nitrogen and oxygen atoms in total. The highest BCUT2D eigenvalue weighted by molar-refractivity contribution is 5.69. The van der Waals surface area contributed by atoms with E-state index in [2.05, 4.69) is 33.9 Å². The lowest BCUT2D eigenvalue weighted by atomic mass is 10.0. The molecule has 0 aromatic carbocycles. The van der Waals surface area contributed by atoms with Crippen LogP contribution in [0.5, 0.6) is 11.8 Å². The van der Waals surface area contributed by atoms with Gasteiger partial charge in [0.15, 0.2) is 11.8 Å². The van der Waals surface area contributed by atoms with Crippen LogP contribution in [0.3, 0.4) is 0 Å². The standard InChI is InChI=1S/C27H36N4O4/c1-2-3-4-8-23(32)35-21(17-29-12-14-30(15-13-29)22-7-5-6-11-28-22)18-31-26(33)24-19-9-10-20(16-19)25(24)27(31)34/h5-7,9-11,19-21,33-34H,2-4,8,12-18H2,1H3. The van der Waals surface area contributed by atoms with Gasteiger partial charge in [-0.15, -0.1) is 0 Å². The lowest BCUT2D eigenvalue weighted by molar-refractivity contribution is -0.151. The summed E-state index contributed by atoms with van der Waals surface area (Å²) in [4.78, 5) is 21.6. The molecule has 3 unspecified atom stereocenters. The number of hydrogen-bond donors (Lipinski definition) is 2. The summed E-state index contributed by atoms with van der Waals surface area (Å²) in [6.07, 6.45) is 9.75. The number of pyridine rings is 1. The molecule has 1 aliphatic heterocycles. The average molecular weight is 481 g/mol. The molecule has 1 saturated heterocycles. The first-order valence-electron chi connectivity index (χ1n) is 13.0. The zero-order chi connectivity index (χ0) is 24.4. The van der Waals surface area contributed by atoms with Crippen LogP contribution in [0.2, 0.25) is 0 Å². The Kier molecular flexibility index (Phi) is 7.00. The number of nitrogens with zero attached hydrogens (tertiary/aromatic N) is 4. The smallest absolute Gasteiger partial charge is 0.306 e. The molecule has 8 heteroatoms. The molecule has 2 aromatic rings. The first-order chi connectivity index (χ1) is 17.0. The Bertz CT molecular complexity index is 1020. The van der Waals surface area contributed by atoms with E-state index in [1.54, 1.807) is 4.57 Å². The van der Waals surface area contributed by atoms with Gasteiger partial charge in [-0.05, 0) is 25.0 Å². The van der Waals surface area contributed by atoms with Gasteiger partial charge in [-0.25, -0.2) is 4.98 Å². The van der Waals surface area contributed by atoms with Crippen molar-refractivity contribution in [3.63, 3.8) is 0 Å². The van der Waals surface area contributed by atoms with Crippen molar-refractivity contribution in [1.82, 2.24) is 14.5 Å². The maximum absolute atomic E-state index is 12.6. The van der Waals surface area contributed by atoms with E-state index >= 15 is 0 Å². The van der Waals surface area contributed by atoms with Crippen molar-refractivity contribution in [1.29, 1.82) is 0 Å². The maximum Gasteiger partial charge on any atom is 0.306 e. The Labute approximate surface area is 206 Å². The van der Waals surface area contributed by atoms with E-state index in [1.165, 1.54) is 0 Å². The third-order valence-electron chi connectivity index (χ3n) is 7.58.